The number of rotatable bonds is 2. The Bertz CT molecular complexity index is 1480. The summed E-state index contributed by atoms with van der Waals surface area (Å²) in [6, 6.07) is 25.9. The molecule has 2 aromatic heterocycles. The zero-order chi connectivity index (χ0) is 21.1. The van der Waals surface area contributed by atoms with E-state index in [4.69, 9.17) is 4.98 Å². The molecule has 0 saturated heterocycles. The van der Waals surface area contributed by atoms with Crippen LogP contribution in [0.1, 0.15) is 22.5 Å². The molecule has 0 N–H and O–H groups in total. The summed E-state index contributed by atoms with van der Waals surface area (Å²) < 4.78 is 4.60. The maximum Gasteiger partial charge on any atom is 0.213 e. The highest BCUT2D eigenvalue weighted by molar-refractivity contribution is 5.83. The average molecular weight is 403 g/mol. The van der Waals surface area contributed by atoms with Crippen LogP contribution in [-0.4, -0.2) is 9.55 Å². The number of nitrogens with zero attached hydrogens (tertiary/aromatic N) is 3. The van der Waals surface area contributed by atoms with E-state index in [0.29, 0.717) is 0 Å². The van der Waals surface area contributed by atoms with Gasteiger partial charge in [-0.3, -0.25) is 4.57 Å². The third-order valence-corrected chi connectivity index (χ3v) is 6.52. The first-order valence-electron chi connectivity index (χ1n) is 10.8. The van der Waals surface area contributed by atoms with Crippen molar-refractivity contribution >= 4 is 11.0 Å². The molecule has 3 aromatic carbocycles. The van der Waals surface area contributed by atoms with Gasteiger partial charge in [0.25, 0.3) is 0 Å². The van der Waals surface area contributed by atoms with Gasteiger partial charge in [0, 0.05) is 18.1 Å². The van der Waals surface area contributed by atoms with Crippen molar-refractivity contribution in [3.8, 4) is 28.1 Å². The van der Waals surface area contributed by atoms with Crippen molar-refractivity contribution < 1.29 is 4.57 Å². The van der Waals surface area contributed by atoms with Crippen LogP contribution in [0.3, 0.4) is 0 Å². The molecule has 0 spiro atoms. The molecule has 1 aliphatic rings. The summed E-state index contributed by atoms with van der Waals surface area (Å²) in [5.41, 5.74) is 12.6. The molecule has 3 heterocycles. The molecule has 0 bridgehead atoms. The minimum atomic E-state index is 0.857. The summed E-state index contributed by atoms with van der Waals surface area (Å²) in [5, 5.41) is 0. The second kappa shape index (κ2) is 6.64. The van der Waals surface area contributed by atoms with Gasteiger partial charge in [-0.2, -0.15) is 0 Å². The second-order valence-electron chi connectivity index (χ2n) is 8.52. The molecule has 1 aliphatic heterocycles. The van der Waals surface area contributed by atoms with Gasteiger partial charge in [-0.05, 0) is 54.3 Å². The van der Waals surface area contributed by atoms with Crippen LogP contribution in [0.2, 0.25) is 0 Å². The Hall–Kier alpha value is -3.72. The number of hydrogen-bond donors (Lipinski definition) is 0. The van der Waals surface area contributed by atoms with Gasteiger partial charge >= 0.3 is 0 Å². The monoisotopic (exact) mass is 402 g/mol. The zero-order valence-electron chi connectivity index (χ0n) is 18.1. The minimum absolute atomic E-state index is 0.857. The smallest absolute Gasteiger partial charge is 0.213 e. The van der Waals surface area contributed by atoms with E-state index in [0.717, 1.165) is 17.8 Å². The highest BCUT2D eigenvalue weighted by Crippen LogP contribution is 2.39. The van der Waals surface area contributed by atoms with Gasteiger partial charge < -0.3 is 0 Å². The number of fused-ring (bicyclic) bond motifs is 5. The molecule has 0 fully saturated rings. The van der Waals surface area contributed by atoms with Crippen LogP contribution in [-0.2, 0) is 13.5 Å². The Kier molecular flexibility index (Phi) is 3.87. The molecule has 0 unspecified atom stereocenters. The van der Waals surface area contributed by atoms with E-state index >= 15 is 0 Å². The normalized spacial score (nSPS) is 12.2. The molecule has 3 nitrogen and oxygen atoms in total. The number of aryl methyl sites for hydroxylation is 3. The molecule has 5 aromatic rings. The molecule has 0 atom stereocenters. The van der Waals surface area contributed by atoms with Crippen molar-refractivity contribution in [1.82, 2.24) is 9.55 Å². The Balaban J connectivity index is 1.60. The molecule has 150 valence electrons. The lowest BCUT2D eigenvalue weighted by atomic mass is 9.93. The van der Waals surface area contributed by atoms with Crippen LogP contribution in [0, 0.1) is 13.8 Å². The van der Waals surface area contributed by atoms with E-state index in [1.807, 2.05) is 0 Å². The SMILES string of the molecule is Cc1c[n+](C)c(-c2c(C)ccc3c2Cc2nc4ccccc4n2-3)cc1-c1ccccc1. The van der Waals surface area contributed by atoms with Gasteiger partial charge in [-0.25, -0.2) is 9.55 Å². The van der Waals surface area contributed by atoms with Gasteiger partial charge in [-0.1, -0.05) is 48.5 Å². The van der Waals surface area contributed by atoms with Crippen molar-refractivity contribution in [2.75, 3.05) is 0 Å². The van der Waals surface area contributed by atoms with Crippen molar-refractivity contribution in [3.05, 3.63) is 102 Å². The predicted octanol–water partition coefficient (Wildman–Crippen LogP) is 5.71. The lowest BCUT2D eigenvalue weighted by Gasteiger charge is -2.14. The van der Waals surface area contributed by atoms with E-state index in [-0.39, 0.29) is 0 Å². The van der Waals surface area contributed by atoms with E-state index in [1.165, 1.54) is 50.3 Å². The molecule has 0 radical (unpaired) electrons. The first kappa shape index (κ1) is 18.1. The number of imidazole rings is 1. The summed E-state index contributed by atoms with van der Waals surface area (Å²) in [4.78, 5) is 4.93. The molecule has 31 heavy (non-hydrogen) atoms. The van der Waals surface area contributed by atoms with Crippen LogP contribution in [0.5, 0.6) is 0 Å². The molecule has 3 heteroatoms. The molecule has 0 saturated carbocycles. The van der Waals surface area contributed by atoms with Crippen molar-refractivity contribution in [2.24, 2.45) is 7.05 Å². The summed E-state index contributed by atoms with van der Waals surface area (Å²) in [6.45, 7) is 4.41. The Morgan fingerprint density at radius 3 is 2.48 bits per heavy atom. The van der Waals surface area contributed by atoms with Crippen LogP contribution in [0.15, 0.2) is 79.0 Å². The molecular weight excluding hydrogens is 378 g/mol. The average Bonchev–Trinajstić information content (AvgIpc) is 3.31. The number of aromatic nitrogens is 3. The topological polar surface area (TPSA) is 21.7 Å². The van der Waals surface area contributed by atoms with Crippen LogP contribution in [0.25, 0.3) is 39.1 Å². The molecule has 0 aliphatic carbocycles. The van der Waals surface area contributed by atoms with Crippen LogP contribution in [0.4, 0.5) is 0 Å². The van der Waals surface area contributed by atoms with Gasteiger partial charge in [0.1, 0.15) is 12.9 Å². The van der Waals surface area contributed by atoms with Crippen LogP contribution >= 0.6 is 0 Å². The van der Waals surface area contributed by atoms with Crippen LogP contribution < -0.4 is 4.57 Å². The Labute approximate surface area is 182 Å². The van der Waals surface area contributed by atoms with Crippen molar-refractivity contribution in [1.29, 1.82) is 0 Å². The van der Waals surface area contributed by atoms with Crippen molar-refractivity contribution in [3.63, 3.8) is 0 Å². The Morgan fingerprint density at radius 2 is 1.65 bits per heavy atom. The maximum atomic E-state index is 4.93. The van der Waals surface area contributed by atoms with E-state index in [9.17, 15) is 0 Å². The number of para-hydroxylation sites is 2. The lowest BCUT2D eigenvalue weighted by molar-refractivity contribution is -0.660. The second-order valence-corrected chi connectivity index (χ2v) is 8.52. The fraction of sp³-hybridized carbons (Fsp3) is 0.143. The van der Waals surface area contributed by atoms with Gasteiger partial charge in [0.2, 0.25) is 5.69 Å². The number of hydrogen-bond acceptors (Lipinski definition) is 1. The maximum absolute atomic E-state index is 4.93. The van der Waals surface area contributed by atoms with Gasteiger partial charge in [0.05, 0.1) is 22.3 Å². The standard InChI is InChI=1S/C28H24N3/c1-18-13-14-24-22(16-27-29-23-11-7-8-12-25(23)31(24)27)28(18)26-15-21(19(2)17-30(26)3)20-9-5-4-6-10-20/h4-15,17H,16H2,1-3H3/q+1. The predicted molar refractivity (Wildman–Crippen MR) is 125 cm³/mol. The fourth-order valence-corrected chi connectivity index (χ4v) is 5.08. The highest BCUT2D eigenvalue weighted by atomic mass is 15.1. The summed E-state index contributed by atoms with van der Waals surface area (Å²) in [5.74, 6) is 1.13. The third kappa shape index (κ3) is 2.66. The lowest BCUT2D eigenvalue weighted by Crippen LogP contribution is -2.32. The first-order chi connectivity index (χ1) is 15.1. The van der Waals surface area contributed by atoms with E-state index in [2.05, 4.69) is 109 Å². The highest BCUT2D eigenvalue weighted by Gasteiger charge is 2.29. The number of benzene rings is 3. The summed E-state index contributed by atoms with van der Waals surface area (Å²) in [6.07, 6.45) is 3.11. The largest absolute Gasteiger partial charge is 0.296 e. The summed E-state index contributed by atoms with van der Waals surface area (Å²) >= 11 is 0. The first-order valence-corrected chi connectivity index (χ1v) is 10.8. The van der Waals surface area contributed by atoms with Gasteiger partial charge in [-0.15, -0.1) is 0 Å². The summed E-state index contributed by atoms with van der Waals surface area (Å²) in [7, 11) is 2.15. The van der Waals surface area contributed by atoms with E-state index in [1.54, 1.807) is 0 Å². The molecular formula is C28H24N3+. The van der Waals surface area contributed by atoms with Crippen molar-refractivity contribution in [2.45, 2.75) is 20.3 Å². The fourth-order valence-electron chi connectivity index (χ4n) is 5.08. The zero-order valence-corrected chi connectivity index (χ0v) is 18.1. The number of pyridine rings is 1. The molecule has 6 rings (SSSR count). The quantitative estimate of drug-likeness (QED) is 0.340. The third-order valence-electron chi connectivity index (χ3n) is 6.52. The van der Waals surface area contributed by atoms with Gasteiger partial charge in [0.15, 0.2) is 6.20 Å². The minimum Gasteiger partial charge on any atom is -0.296 e. The molecule has 0 amide bonds. The van der Waals surface area contributed by atoms with E-state index < -0.39 is 0 Å². The Morgan fingerprint density at radius 1 is 0.871 bits per heavy atom.